The molecular weight excluding hydrogens is 258 g/mol. The Morgan fingerprint density at radius 1 is 0.952 bits per heavy atom. The van der Waals surface area contributed by atoms with Gasteiger partial charge >= 0.3 is 0 Å². The summed E-state index contributed by atoms with van der Waals surface area (Å²) in [6.45, 7) is 7.39. The van der Waals surface area contributed by atoms with E-state index in [4.69, 9.17) is 0 Å². The maximum absolute atomic E-state index is 12.5. The molecule has 0 spiro atoms. The van der Waals surface area contributed by atoms with Crippen molar-refractivity contribution in [2.45, 2.75) is 33.2 Å². The van der Waals surface area contributed by atoms with Gasteiger partial charge in [-0.1, -0.05) is 51.1 Å². The monoisotopic (exact) mass is 279 g/mol. The average molecular weight is 279 g/mol. The van der Waals surface area contributed by atoms with Crippen LogP contribution in [0, 0.1) is 5.92 Å². The van der Waals surface area contributed by atoms with Crippen LogP contribution in [-0.2, 0) is 6.54 Å². The van der Waals surface area contributed by atoms with Gasteiger partial charge in [-0.2, -0.15) is 0 Å². The van der Waals surface area contributed by atoms with Crippen LogP contribution in [-0.4, -0.2) is 5.91 Å². The van der Waals surface area contributed by atoms with Crippen molar-refractivity contribution in [1.82, 2.24) is 0 Å². The molecule has 0 bridgehead atoms. The maximum atomic E-state index is 12.5. The summed E-state index contributed by atoms with van der Waals surface area (Å²) in [5.74, 6) is 1.26. The molecule has 0 radical (unpaired) electrons. The Morgan fingerprint density at radius 2 is 1.62 bits per heavy atom. The number of benzene rings is 2. The smallest absolute Gasteiger partial charge is 0.258 e. The second-order valence-electron chi connectivity index (χ2n) is 6.17. The normalized spacial score (nSPS) is 15.4. The Hall–Kier alpha value is -2.09. The van der Waals surface area contributed by atoms with Crippen molar-refractivity contribution in [3.63, 3.8) is 0 Å². The van der Waals surface area contributed by atoms with Gasteiger partial charge in [0, 0.05) is 11.3 Å². The number of carbonyl (C=O) groups excluding carboxylic acids is 1. The number of carbonyl (C=O) groups is 1. The van der Waals surface area contributed by atoms with Gasteiger partial charge in [-0.3, -0.25) is 4.79 Å². The summed E-state index contributed by atoms with van der Waals surface area (Å²) in [4.78, 5) is 14.3. The van der Waals surface area contributed by atoms with Gasteiger partial charge in [-0.05, 0) is 41.2 Å². The van der Waals surface area contributed by atoms with Crippen LogP contribution in [0.4, 0.5) is 5.69 Å². The Kier molecular flexibility index (Phi) is 3.54. The van der Waals surface area contributed by atoms with E-state index in [1.165, 1.54) is 5.56 Å². The molecule has 21 heavy (non-hydrogen) atoms. The zero-order valence-electron chi connectivity index (χ0n) is 12.8. The first-order chi connectivity index (χ1) is 10.1. The number of hydrogen-bond donors (Lipinski definition) is 0. The summed E-state index contributed by atoms with van der Waals surface area (Å²) in [6, 6.07) is 16.3. The van der Waals surface area contributed by atoms with Gasteiger partial charge < -0.3 is 4.90 Å². The molecule has 1 unspecified atom stereocenters. The number of anilines is 1. The molecule has 0 N–H and O–H groups in total. The van der Waals surface area contributed by atoms with Crippen molar-refractivity contribution in [3.8, 4) is 0 Å². The summed E-state index contributed by atoms with van der Waals surface area (Å²) in [6.07, 6.45) is 0. The molecule has 1 aliphatic heterocycles. The van der Waals surface area contributed by atoms with E-state index in [9.17, 15) is 4.79 Å². The fourth-order valence-corrected chi connectivity index (χ4v) is 2.81. The molecule has 3 rings (SSSR count). The van der Waals surface area contributed by atoms with E-state index in [-0.39, 0.29) is 5.91 Å². The van der Waals surface area contributed by atoms with E-state index < -0.39 is 0 Å². The first kappa shape index (κ1) is 13.9. The summed E-state index contributed by atoms with van der Waals surface area (Å²) in [5.41, 5.74) is 4.26. The lowest BCUT2D eigenvalue weighted by molar-refractivity contribution is 0.0996. The fourth-order valence-electron chi connectivity index (χ4n) is 2.81. The van der Waals surface area contributed by atoms with Gasteiger partial charge in [0.1, 0.15) is 0 Å². The van der Waals surface area contributed by atoms with Crippen molar-refractivity contribution in [2.24, 2.45) is 5.92 Å². The molecule has 2 aromatic rings. The van der Waals surface area contributed by atoms with Gasteiger partial charge in [0.25, 0.3) is 5.91 Å². The van der Waals surface area contributed by atoms with Crippen LogP contribution >= 0.6 is 0 Å². The van der Waals surface area contributed by atoms with Crippen LogP contribution in [0.5, 0.6) is 0 Å². The van der Waals surface area contributed by atoms with Crippen LogP contribution in [0.1, 0.15) is 48.2 Å². The maximum Gasteiger partial charge on any atom is 0.258 e. The predicted molar refractivity (Wildman–Crippen MR) is 86.7 cm³/mol. The molecule has 0 saturated carbocycles. The van der Waals surface area contributed by atoms with Crippen molar-refractivity contribution in [2.75, 3.05) is 4.90 Å². The highest BCUT2D eigenvalue weighted by molar-refractivity contribution is 6.09. The van der Waals surface area contributed by atoms with Crippen LogP contribution < -0.4 is 4.90 Å². The number of amides is 1. The van der Waals surface area contributed by atoms with Gasteiger partial charge in [-0.15, -0.1) is 0 Å². The molecule has 0 aromatic heterocycles. The van der Waals surface area contributed by atoms with Gasteiger partial charge in [0.2, 0.25) is 0 Å². The molecule has 2 aromatic carbocycles. The third-order valence-corrected chi connectivity index (χ3v) is 4.55. The van der Waals surface area contributed by atoms with Crippen molar-refractivity contribution >= 4 is 11.6 Å². The third-order valence-electron chi connectivity index (χ3n) is 4.55. The molecule has 0 saturated heterocycles. The largest absolute Gasteiger partial charge is 0.304 e. The summed E-state index contributed by atoms with van der Waals surface area (Å²) in [5, 5.41) is 0. The predicted octanol–water partition coefficient (Wildman–Crippen LogP) is 4.61. The lowest BCUT2D eigenvalue weighted by atomic mass is 9.90. The highest BCUT2D eigenvalue weighted by Gasteiger charge is 2.27. The number of fused-ring (bicyclic) bond motifs is 1. The summed E-state index contributed by atoms with van der Waals surface area (Å²) < 4.78 is 0. The Labute approximate surface area is 126 Å². The Morgan fingerprint density at radius 3 is 2.24 bits per heavy atom. The minimum absolute atomic E-state index is 0.107. The molecule has 1 atom stereocenters. The first-order valence-electron chi connectivity index (χ1n) is 7.57. The van der Waals surface area contributed by atoms with Crippen molar-refractivity contribution in [3.05, 3.63) is 65.2 Å². The minimum Gasteiger partial charge on any atom is -0.304 e. The molecule has 0 aliphatic carbocycles. The second-order valence-corrected chi connectivity index (χ2v) is 6.17. The topological polar surface area (TPSA) is 20.3 Å². The fraction of sp³-hybridized carbons (Fsp3) is 0.316. The molecule has 2 heteroatoms. The highest BCUT2D eigenvalue weighted by Crippen LogP contribution is 2.30. The van der Waals surface area contributed by atoms with E-state index in [2.05, 4.69) is 45.0 Å². The van der Waals surface area contributed by atoms with Gasteiger partial charge in [-0.25, -0.2) is 0 Å². The number of nitrogens with zero attached hydrogens (tertiary/aromatic N) is 1. The number of hydrogen-bond acceptors (Lipinski definition) is 1. The molecule has 1 heterocycles. The minimum atomic E-state index is 0.107. The molecule has 108 valence electrons. The average Bonchev–Trinajstić information content (AvgIpc) is 2.84. The first-order valence-corrected chi connectivity index (χ1v) is 7.57. The van der Waals surface area contributed by atoms with Crippen LogP contribution in [0.2, 0.25) is 0 Å². The van der Waals surface area contributed by atoms with E-state index >= 15 is 0 Å². The van der Waals surface area contributed by atoms with Gasteiger partial charge in [0.05, 0.1) is 6.54 Å². The van der Waals surface area contributed by atoms with Crippen LogP contribution in [0.25, 0.3) is 0 Å². The van der Waals surface area contributed by atoms with Crippen LogP contribution in [0.3, 0.4) is 0 Å². The van der Waals surface area contributed by atoms with E-state index in [0.717, 1.165) is 16.8 Å². The van der Waals surface area contributed by atoms with Crippen molar-refractivity contribution < 1.29 is 4.79 Å². The highest BCUT2D eigenvalue weighted by atomic mass is 16.2. The standard InChI is InChI=1S/C19H21NO/c1-13(2)14(3)15-8-10-17(11-9-15)20-12-16-6-4-5-7-18(16)19(20)21/h4-11,13-14H,12H2,1-3H3. The summed E-state index contributed by atoms with van der Waals surface area (Å²) >= 11 is 0. The third kappa shape index (κ3) is 2.46. The van der Waals surface area contributed by atoms with E-state index in [0.29, 0.717) is 18.4 Å². The Bertz CT molecular complexity index is 658. The number of rotatable bonds is 3. The zero-order chi connectivity index (χ0) is 15.0. The zero-order valence-corrected chi connectivity index (χ0v) is 12.8. The lowest BCUT2D eigenvalue weighted by Crippen LogP contribution is -2.22. The quantitative estimate of drug-likeness (QED) is 0.803. The lowest BCUT2D eigenvalue weighted by Gasteiger charge is -2.19. The molecule has 1 amide bonds. The SMILES string of the molecule is CC(C)C(C)c1ccc(N2Cc3ccccc3C2=O)cc1. The molecule has 2 nitrogen and oxygen atoms in total. The molecule has 1 aliphatic rings. The van der Waals surface area contributed by atoms with Crippen LogP contribution in [0.15, 0.2) is 48.5 Å². The van der Waals surface area contributed by atoms with E-state index in [1.807, 2.05) is 29.2 Å². The molecule has 0 fully saturated rings. The van der Waals surface area contributed by atoms with Gasteiger partial charge in [0.15, 0.2) is 0 Å². The summed E-state index contributed by atoms with van der Waals surface area (Å²) in [7, 11) is 0. The van der Waals surface area contributed by atoms with E-state index in [1.54, 1.807) is 0 Å². The molecular formula is C19H21NO. The second kappa shape index (κ2) is 5.36. The Balaban J connectivity index is 1.85. The van der Waals surface area contributed by atoms with Crippen molar-refractivity contribution in [1.29, 1.82) is 0 Å².